The maximum Gasteiger partial charge on any atom is 0.254 e. The van der Waals surface area contributed by atoms with Crippen LogP contribution in [0.5, 0.6) is 0 Å². The van der Waals surface area contributed by atoms with E-state index in [0.717, 1.165) is 23.5 Å². The van der Waals surface area contributed by atoms with E-state index in [2.05, 4.69) is 26.0 Å². The molecule has 0 aliphatic heterocycles. The first-order valence-electron chi connectivity index (χ1n) is 11.5. The van der Waals surface area contributed by atoms with Crippen LogP contribution in [0, 0.1) is 19.8 Å². The normalized spacial score (nSPS) is 10.9. The lowest BCUT2D eigenvalue weighted by molar-refractivity contribution is -0.132. The van der Waals surface area contributed by atoms with Crippen LogP contribution >= 0.6 is 0 Å². The minimum absolute atomic E-state index is 0.0410. The van der Waals surface area contributed by atoms with E-state index in [-0.39, 0.29) is 24.3 Å². The smallest absolute Gasteiger partial charge is 0.254 e. The van der Waals surface area contributed by atoms with Crippen LogP contribution in [0.2, 0.25) is 0 Å². The lowest BCUT2D eigenvalue weighted by Gasteiger charge is -2.28. The average molecular weight is 447 g/mol. The highest BCUT2D eigenvalue weighted by molar-refractivity contribution is 5.96. The third kappa shape index (κ3) is 7.35. The summed E-state index contributed by atoms with van der Waals surface area (Å²) in [6.45, 7) is 9.49. The van der Waals surface area contributed by atoms with Gasteiger partial charge in [-0.3, -0.25) is 9.59 Å². The standard InChI is InChI=1S/C28H34N2O3/c1-21(2)18-30(28(32)25-13-10-22(3)11-14-25)20-27(31)29(19-26-15-12-23(4)33-26)17-16-24-8-6-5-7-9-24/h5-15,21H,16-20H2,1-4H3. The van der Waals surface area contributed by atoms with Crippen molar-refractivity contribution in [1.82, 2.24) is 9.80 Å². The molecule has 0 atom stereocenters. The number of hydrogen-bond donors (Lipinski definition) is 0. The summed E-state index contributed by atoms with van der Waals surface area (Å²) < 4.78 is 5.74. The number of rotatable bonds is 10. The number of benzene rings is 2. The molecule has 33 heavy (non-hydrogen) atoms. The maximum atomic E-state index is 13.4. The maximum absolute atomic E-state index is 13.4. The Labute approximate surface area is 197 Å². The van der Waals surface area contributed by atoms with Crippen LogP contribution in [-0.2, 0) is 17.8 Å². The Morgan fingerprint density at radius 3 is 2.18 bits per heavy atom. The van der Waals surface area contributed by atoms with Crippen LogP contribution in [0.25, 0.3) is 0 Å². The summed E-state index contributed by atoms with van der Waals surface area (Å²) in [5.74, 6) is 1.61. The summed E-state index contributed by atoms with van der Waals surface area (Å²) in [6.07, 6.45) is 0.738. The molecule has 0 unspecified atom stereocenters. The SMILES string of the molecule is Cc1ccc(C(=O)N(CC(=O)N(CCc2ccccc2)Cc2ccc(C)o2)CC(C)C)cc1. The lowest BCUT2D eigenvalue weighted by atomic mass is 10.1. The van der Waals surface area contributed by atoms with Crippen molar-refractivity contribution in [3.05, 3.63) is 94.9 Å². The molecule has 0 bridgehead atoms. The molecule has 1 aromatic heterocycles. The number of amides is 2. The summed E-state index contributed by atoms with van der Waals surface area (Å²) in [6, 6.07) is 21.4. The number of hydrogen-bond acceptors (Lipinski definition) is 3. The van der Waals surface area contributed by atoms with E-state index in [4.69, 9.17) is 4.42 Å². The van der Waals surface area contributed by atoms with E-state index in [1.165, 1.54) is 5.56 Å². The van der Waals surface area contributed by atoms with Gasteiger partial charge in [0.1, 0.15) is 18.1 Å². The molecule has 2 amide bonds. The minimum Gasteiger partial charge on any atom is -0.464 e. The molecule has 5 heteroatoms. The van der Waals surface area contributed by atoms with Gasteiger partial charge < -0.3 is 14.2 Å². The molecule has 1 heterocycles. The van der Waals surface area contributed by atoms with Crippen molar-refractivity contribution in [3.8, 4) is 0 Å². The monoisotopic (exact) mass is 446 g/mol. The average Bonchev–Trinajstić information content (AvgIpc) is 3.21. The van der Waals surface area contributed by atoms with E-state index in [1.807, 2.05) is 68.4 Å². The second kappa shape index (κ2) is 11.5. The fourth-order valence-electron chi connectivity index (χ4n) is 3.76. The second-order valence-corrected chi connectivity index (χ2v) is 9.01. The fraction of sp³-hybridized carbons (Fsp3) is 0.357. The Morgan fingerprint density at radius 2 is 1.58 bits per heavy atom. The first-order chi connectivity index (χ1) is 15.8. The quantitative estimate of drug-likeness (QED) is 0.427. The van der Waals surface area contributed by atoms with E-state index in [1.54, 1.807) is 9.80 Å². The van der Waals surface area contributed by atoms with E-state index >= 15 is 0 Å². The summed E-state index contributed by atoms with van der Waals surface area (Å²) >= 11 is 0. The number of carbonyl (C=O) groups is 2. The summed E-state index contributed by atoms with van der Waals surface area (Å²) in [4.78, 5) is 30.1. The number of furan rings is 1. The molecule has 3 rings (SSSR count). The number of aryl methyl sites for hydroxylation is 2. The molecule has 0 aliphatic carbocycles. The van der Waals surface area contributed by atoms with E-state index < -0.39 is 0 Å². The first-order valence-corrected chi connectivity index (χ1v) is 11.5. The van der Waals surface area contributed by atoms with Gasteiger partial charge in [-0.05, 0) is 56.0 Å². The predicted molar refractivity (Wildman–Crippen MR) is 131 cm³/mol. The van der Waals surface area contributed by atoms with Gasteiger partial charge in [0.2, 0.25) is 5.91 Å². The molecule has 3 aromatic rings. The van der Waals surface area contributed by atoms with Gasteiger partial charge in [0.25, 0.3) is 5.91 Å². The third-order valence-electron chi connectivity index (χ3n) is 5.51. The number of nitrogens with zero attached hydrogens (tertiary/aromatic N) is 2. The Bertz CT molecular complexity index is 1040. The van der Waals surface area contributed by atoms with Gasteiger partial charge in [0, 0.05) is 18.7 Å². The van der Waals surface area contributed by atoms with Crippen LogP contribution in [0.4, 0.5) is 0 Å². The molecule has 5 nitrogen and oxygen atoms in total. The topological polar surface area (TPSA) is 53.8 Å². The highest BCUT2D eigenvalue weighted by Crippen LogP contribution is 2.14. The molecular weight excluding hydrogens is 412 g/mol. The molecule has 0 aliphatic rings. The van der Waals surface area contributed by atoms with Crippen LogP contribution in [0.15, 0.2) is 71.1 Å². The number of carbonyl (C=O) groups excluding carboxylic acids is 2. The Kier molecular flexibility index (Phi) is 8.47. The van der Waals surface area contributed by atoms with Crippen LogP contribution in [0.3, 0.4) is 0 Å². The Morgan fingerprint density at radius 1 is 0.879 bits per heavy atom. The third-order valence-corrected chi connectivity index (χ3v) is 5.51. The second-order valence-electron chi connectivity index (χ2n) is 9.01. The summed E-state index contributed by atoms with van der Waals surface area (Å²) in [5.41, 5.74) is 2.87. The summed E-state index contributed by atoms with van der Waals surface area (Å²) in [7, 11) is 0. The van der Waals surface area contributed by atoms with Crippen molar-refractivity contribution >= 4 is 11.8 Å². The zero-order chi connectivity index (χ0) is 23.8. The molecule has 0 fully saturated rings. The van der Waals surface area contributed by atoms with E-state index in [9.17, 15) is 9.59 Å². The van der Waals surface area contributed by atoms with Crippen molar-refractivity contribution in [3.63, 3.8) is 0 Å². The lowest BCUT2D eigenvalue weighted by Crippen LogP contribution is -2.44. The fourth-order valence-corrected chi connectivity index (χ4v) is 3.76. The molecule has 174 valence electrons. The van der Waals surface area contributed by atoms with Crippen molar-refractivity contribution in [2.45, 2.75) is 40.7 Å². The van der Waals surface area contributed by atoms with Crippen molar-refractivity contribution in [2.75, 3.05) is 19.6 Å². The van der Waals surface area contributed by atoms with Crippen molar-refractivity contribution < 1.29 is 14.0 Å². The van der Waals surface area contributed by atoms with Gasteiger partial charge in [-0.25, -0.2) is 0 Å². The van der Waals surface area contributed by atoms with Crippen LogP contribution in [-0.4, -0.2) is 41.2 Å². The molecule has 0 N–H and O–H groups in total. The van der Waals surface area contributed by atoms with Crippen molar-refractivity contribution in [2.24, 2.45) is 5.92 Å². The van der Waals surface area contributed by atoms with Gasteiger partial charge in [0.15, 0.2) is 0 Å². The summed E-state index contributed by atoms with van der Waals surface area (Å²) in [5, 5.41) is 0. The molecule has 0 saturated heterocycles. The highest BCUT2D eigenvalue weighted by Gasteiger charge is 2.24. The Hall–Kier alpha value is -3.34. The zero-order valence-corrected chi connectivity index (χ0v) is 20.1. The molecule has 0 spiro atoms. The van der Waals surface area contributed by atoms with Gasteiger partial charge in [-0.1, -0.05) is 61.9 Å². The van der Waals surface area contributed by atoms with Gasteiger partial charge in [0.05, 0.1) is 6.54 Å². The molecular formula is C28H34N2O3. The van der Waals surface area contributed by atoms with Gasteiger partial charge in [-0.15, -0.1) is 0 Å². The first kappa shape index (κ1) is 24.3. The van der Waals surface area contributed by atoms with Gasteiger partial charge >= 0.3 is 0 Å². The predicted octanol–water partition coefficient (Wildman–Crippen LogP) is 5.27. The van der Waals surface area contributed by atoms with Crippen molar-refractivity contribution in [1.29, 1.82) is 0 Å². The van der Waals surface area contributed by atoms with E-state index in [0.29, 0.717) is 25.2 Å². The molecule has 0 saturated carbocycles. The highest BCUT2D eigenvalue weighted by atomic mass is 16.3. The van der Waals surface area contributed by atoms with Crippen LogP contribution < -0.4 is 0 Å². The van der Waals surface area contributed by atoms with Gasteiger partial charge in [-0.2, -0.15) is 0 Å². The Balaban J connectivity index is 1.77. The zero-order valence-electron chi connectivity index (χ0n) is 20.1. The molecule has 2 aromatic carbocycles. The minimum atomic E-state index is -0.117. The largest absolute Gasteiger partial charge is 0.464 e. The van der Waals surface area contributed by atoms with Crippen LogP contribution in [0.1, 0.15) is 46.9 Å². The molecule has 0 radical (unpaired) electrons.